The van der Waals surface area contributed by atoms with Crippen LogP contribution in [0.1, 0.15) is 41.7 Å². The standard InChI is InChI=1S/C29H31N3O5S/c1-18-24-25(28(35)30-22-12-7-15-32(17-23(22)33)16-19-8-3-2-4-9-19)38(36,37)26-21-11-6-5-10-20(21)13-14-29(24,26)31-27(18)34/h2-6,8-11,13-14,18,22,24-26H,7,12,15-17H2,1H3,(H,30,35)(H,31,34)/t18?,22-,24?,25?,26?,29?/m0/s1. The summed E-state index contributed by atoms with van der Waals surface area (Å²) in [5, 5.41) is 3.27. The number of carbonyl (C=O) groups excluding carboxylic acids is 3. The van der Waals surface area contributed by atoms with Crippen LogP contribution in [0, 0.1) is 11.8 Å². The zero-order valence-electron chi connectivity index (χ0n) is 21.2. The topological polar surface area (TPSA) is 113 Å². The van der Waals surface area contributed by atoms with Crippen LogP contribution in [0.3, 0.4) is 0 Å². The molecule has 3 heterocycles. The van der Waals surface area contributed by atoms with E-state index in [0.29, 0.717) is 31.5 Å². The summed E-state index contributed by atoms with van der Waals surface area (Å²) >= 11 is 0. The molecule has 0 radical (unpaired) electrons. The fraction of sp³-hybridized carbons (Fsp3) is 0.414. The smallest absolute Gasteiger partial charge is 0.239 e. The van der Waals surface area contributed by atoms with Gasteiger partial charge in [-0.3, -0.25) is 19.3 Å². The SMILES string of the molecule is CC1C(=O)NC23C=Cc4ccccc4C2S(=O)(=O)C(C(=O)N[C@H]2CCCN(Cc4ccccc4)CC2=O)C13. The summed E-state index contributed by atoms with van der Waals surface area (Å²) in [6.45, 7) is 3.20. The number of fused-ring (bicyclic) bond motifs is 2. The van der Waals surface area contributed by atoms with Crippen LogP contribution in [-0.2, 0) is 30.8 Å². The van der Waals surface area contributed by atoms with Crippen molar-refractivity contribution in [2.45, 2.75) is 48.4 Å². The normalized spacial score (nSPS) is 33.6. The van der Waals surface area contributed by atoms with Crippen molar-refractivity contribution < 1.29 is 22.8 Å². The number of hydrogen-bond donors (Lipinski definition) is 2. The number of nitrogens with zero attached hydrogens (tertiary/aromatic N) is 1. The number of sulfone groups is 1. The van der Waals surface area contributed by atoms with Gasteiger partial charge in [-0.25, -0.2) is 8.42 Å². The van der Waals surface area contributed by atoms with Gasteiger partial charge in [-0.15, -0.1) is 0 Å². The van der Waals surface area contributed by atoms with E-state index >= 15 is 0 Å². The van der Waals surface area contributed by atoms with Gasteiger partial charge < -0.3 is 10.6 Å². The number of likely N-dealkylation sites (tertiary alicyclic amines) is 1. The van der Waals surface area contributed by atoms with Gasteiger partial charge in [-0.1, -0.05) is 73.7 Å². The number of nitrogens with one attached hydrogen (secondary N) is 2. The Morgan fingerprint density at radius 1 is 1.11 bits per heavy atom. The van der Waals surface area contributed by atoms with Crippen LogP contribution in [0.5, 0.6) is 0 Å². The largest absolute Gasteiger partial charge is 0.345 e. The first-order valence-electron chi connectivity index (χ1n) is 13.1. The number of carbonyl (C=O) groups is 3. The maximum absolute atomic E-state index is 14.1. The first-order chi connectivity index (χ1) is 18.2. The van der Waals surface area contributed by atoms with Crippen molar-refractivity contribution in [2.75, 3.05) is 13.1 Å². The summed E-state index contributed by atoms with van der Waals surface area (Å²) < 4.78 is 28.2. The van der Waals surface area contributed by atoms with Crippen LogP contribution in [-0.4, -0.2) is 60.8 Å². The summed E-state index contributed by atoms with van der Waals surface area (Å²) in [4.78, 5) is 41.9. The molecule has 1 aliphatic carbocycles. The molecule has 38 heavy (non-hydrogen) atoms. The quantitative estimate of drug-likeness (QED) is 0.622. The number of hydrogen-bond acceptors (Lipinski definition) is 6. The molecule has 0 bridgehead atoms. The predicted molar refractivity (Wildman–Crippen MR) is 142 cm³/mol. The molecule has 9 heteroatoms. The molecule has 5 unspecified atom stereocenters. The van der Waals surface area contributed by atoms with Crippen LogP contribution in [0.4, 0.5) is 0 Å². The minimum absolute atomic E-state index is 0.131. The second-order valence-corrected chi connectivity index (χ2v) is 13.1. The number of ketones is 1. The summed E-state index contributed by atoms with van der Waals surface area (Å²) in [7, 11) is -4.05. The van der Waals surface area contributed by atoms with Crippen molar-refractivity contribution in [3.8, 4) is 0 Å². The Hall–Kier alpha value is -3.30. The lowest BCUT2D eigenvalue weighted by molar-refractivity contribution is -0.128. The molecule has 6 atom stereocenters. The van der Waals surface area contributed by atoms with E-state index < -0.39 is 49.7 Å². The number of rotatable bonds is 4. The van der Waals surface area contributed by atoms with Crippen LogP contribution in [0.25, 0.3) is 6.08 Å². The van der Waals surface area contributed by atoms with Crippen LogP contribution < -0.4 is 10.6 Å². The number of amides is 2. The van der Waals surface area contributed by atoms with E-state index in [9.17, 15) is 22.8 Å². The van der Waals surface area contributed by atoms with Crippen molar-refractivity contribution >= 4 is 33.5 Å². The third kappa shape index (κ3) is 3.82. The molecule has 198 valence electrons. The zero-order valence-corrected chi connectivity index (χ0v) is 22.0. The maximum atomic E-state index is 14.1. The van der Waals surface area contributed by atoms with Gasteiger partial charge in [0.1, 0.15) is 10.5 Å². The summed E-state index contributed by atoms with van der Waals surface area (Å²) in [5.74, 6) is -2.53. The first-order valence-corrected chi connectivity index (χ1v) is 14.8. The van der Waals surface area contributed by atoms with Crippen LogP contribution in [0.15, 0.2) is 60.7 Å². The molecule has 6 rings (SSSR count). The van der Waals surface area contributed by atoms with Gasteiger partial charge in [0.25, 0.3) is 0 Å². The molecule has 0 saturated carbocycles. The van der Waals surface area contributed by atoms with E-state index in [-0.39, 0.29) is 18.2 Å². The summed E-state index contributed by atoms with van der Waals surface area (Å²) in [6, 6.07) is 16.3. The van der Waals surface area contributed by atoms with Gasteiger partial charge in [-0.05, 0) is 36.1 Å². The van der Waals surface area contributed by atoms with Gasteiger partial charge in [0.05, 0.1) is 18.1 Å². The molecule has 0 aromatic heterocycles. The van der Waals surface area contributed by atoms with E-state index in [0.717, 1.165) is 11.1 Å². The molecule has 3 fully saturated rings. The van der Waals surface area contributed by atoms with Crippen molar-refractivity contribution in [3.05, 3.63) is 77.4 Å². The average molecular weight is 534 g/mol. The molecule has 2 aromatic rings. The second-order valence-electron chi connectivity index (χ2n) is 11.0. The molecular weight excluding hydrogens is 502 g/mol. The van der Waals surface area contributed by atoms with E-state index in [2.05, 4.69) is 15.5 Å². The van der Waals surface area contributed by atoms with E-state index in [1.165, 1.54) is 0 Å². The fourth-order valence-corrected chi connectivity index (χ4v) is 9.89. The summed E-state index contributed by atoms with van der Waals surface area (Å²) in [6.07, 6.45) is 4.74. The molecule has 3 aliphatic heterocycles. The Bertz CT molecular complexity index is 1440. The minimum Gasteiger partial charge on any atom is -0.345 e. The van der Waals surface area contributed by atoms with Gasteiger partial charge in [0, 0.05) is 18.4 Å². The Labute approximate surface area is 222 Å². The third-order valence-corrected chi connectivity index (χ3v) is 11.2. The minimum atomic E-state index is -4.05. The van der Waals surface area contributed by atoms with Gasteiger partial charge >= 0.3 is 0 Å². The Balaban J connectivity index is 1.27. The van der Waals surface area contributed by atoms with Crippen LogP contribution in [0.2, 0.25) is 0 Å². The highest BCUT2D eigenvalue weighted by molar-refractivity contribution is 7.93. The Morgan fingerprint density at radius 3 is 2.63 bits per heavy atom. The van der Waals surface area contributed by atoms with E-state index in [4.69, 9.17) is 0 Å². The lowest BCUT2D eigenvalue weighted by Crippen LogP contribution is -2.51. The molecule has 4 aliphatic rings. The maximum Gasteiger partial charge on any atom is 0.239 e. The molecule has 3 saturated heterocycles. The lowest BCUT2D eigenvalue weighted by atomic mass is 9.72. The van der Waals surface area contributed by atoms with Crippen molar-refractivity contribution in [2.24, 2.45) is 11.8 Å². The number of Topliss-reactive ketones (excluding diaryl/α,β-unsaturated/α-hetero) is 1. The first kappa shape index (κ1) is 25.0. The van der Waals surface area contributed by atoms with E-state index in [1.54, 1.807) is 25.1 Å². The second kappa shape index (κ2) is 9.17. The molecule has 8 nitrogen and oxygen atoms in total. The van der Waals surface area contributed by atoms with Gasteiger partial charge in [-0.2, -0.15) is 0 Å². The fourth-order valence-electron chi connectivity index (χ4n) is 6.95. The molecular formula is C29H31N3O5S. The lowest BCUT2D eigenvalue weighted by Gasteiger charge is -2.35. The molecule has 1 spiro atoms. The van der Waals surface area contributed by atoms with Gasteiger partial charge in [0.15, 0.2) is 15.6 Å². The van der Waals surface area contributed by atoms with Crippen molar-refractivity contribution in [3.63, 3.8) is 0 Å². The average Bonchev–Trinajstić information content (AvgIpc) is 3.15. The van der Waals surface area contributed by atoms with Crippen molar-refractivity contribution in [1.82, 2.24) is 15.5 Å². The molecule has 2 aromatic carbocycles. The van der Waals surface area contributed by atoms with Crippen LogP contribution >= 0.6 is 0 Å². The van der Waals surface area contributed by atoms with Gasteiger partial charge in [0.2, 0.25) is 11.8 Å². The highest BCUT2D eigenvalue weighted by Crippen LogP contribution is 2.58. The number of benzene rings is 2. The Morgan fingerprint density at radius 2 is 1.84 bits per heavy atom. The summed E-state index contributed by atoms with van der Waals surface area (Å²) in [5.41, 5.74) is 1.27. The van der Waals surface area contributed by atoms with E-state index in [1.807, 2.05) is 48.5 Å². The predicted octanol–water partition coefficient (Wildman–Crippen LogP) is 2.02. The highest BCUT2D eigenvalue weighted by atomic mass is 32.2. The molecule has 2 amide bonds. The zero-order chi connectivity index (χ0) is 26.7. The van der Waals surface area contributed by atoms with Crippen molar-refractivity contribution in [1.29, 1.82) is 0 Å². The third-order valence-electron chi connectivity index (χ3n) is 8.66. The molecule has 2 N–H and O–H groups in total. The monoisotopic (exact) mass is 533 g/mol. The highest BCUT2D eigenvalue weighted by Gasteiger charge is 2.72. The Kier molecular flexibility index (Phi) is 6.03.